The van der Waals surface area contributed by atoms with Crippen LogP contribution in [0.5, 0.6) is 11.5 Å². The van der Waals surface area contributed by atoms with Crippen LogP contribution in [0.3, 0.4) is 0 Å². The molecule has 0 fully saturated rings. The second kappa shape index (κ2) is 13.6. The van der Waals surface area contributed by atoms with Gasteiger partial charge in [-0.3, -0.25) is 0 Å². The first-order chi connectivity index (χ1) is 24.3. The molecule has 6 heteroatoms. The van der Waals surface area contributed by atoms with Crippen LogP contribution < -0.4 is 18.6 Å². The fraction of sp³-hybridized carbons (Fsp3) is 0.0909. The summed E-state index contributed by atoms with van der Waals surface area (Å²) in [6.45, 7) is 4.01. The zero-order valence-electron chi connectivity index (χ0n) is 28.4. The normalized spacial score (nSPS) is 11.0. The van der Waals surface area contributed by atoms with E-state index in [9.17, 15) is 9.59 Å². The second-order valence-electron chi connectivity index (χ2n) is 12.3. The van der Waals surface area contributed by atoms with Crippen LogP contribution in [0, 0.1) is 13.8 Å². The van der Waals surface area contributed by atoms with Gasteiger partial charge in [-0.25, -0.2) is 9.59 Å². The van der Waals surface area contributed by atoms with Crippen molar-refractivity contribution in [1.82, 2.24) is 0 Å². The largest absolute Gasteiger partial charge is 0.423 e. The maximum Gasteiger partial charge on any atom is 0.345 e. The number of esters is 2. The first kappa shape index (κ1) is 32.2. The highest BCUT2D eigenvalue weighted by atomic mass is 16.5. The van der Waals surface area contributed by atoms with E-state index < -0.39 is 0 Å². The number of para-hydroxylation sites is 4. The molecule has 6 aromatic carbocycles. The van der Waals surface area contributed by atoms with Crippen LogP contribution in [-0.4, -0.2) is 11.9 Å². The van der Waals surface area contributed by atoms with Crippen molar-refractivity contribution in [3.05, 3.63) is 168 Å². The lowest BCUT2D eigenvalue weighted by Gasteiger charge is -2.10. The number of aromatic nitrogens is 2. The Bertz CT molecular complexity index is 2260. The van der Waals surface area contributed by atoms with E-state index in [-0.39, 0.29) is 11.9 Å². The van der Waals surface area contributed by atoms with E-state index in [1.807, 2.05) is 174 Å². The van der Waals surface area contributed by atoms with Crippen LogP contribution in [0.15, 0.2) is 146 Å². The molecule has 0 saturated heterocycles. The number of hydrogen-bond donors (Lipinski definition) is 0. The van der Waals surface area contributed by atoms with E-state index >= 15 is 0 Å². The molecule has 0 radical (unpaired) electrons. The molecule has 0 aliphatic heterocycles. The Morgan fingerprint density at radius 2 is 0.660 bits per heavy atom. The SMILES string of the molecule is Cc1ccc(OC(=O)c2c3ccccc3[n+](C)c3ccccc23)cc1.Cc1ccc(OC(=O)c2c3ccccc3[n+](C)c3ccccc23)cc1. The fourth-order valence-electron chi connectivity index (χ4n) is 6.43. The number of carbonyl (C=O) groups is 2. The molecule has 6 nitrogen and oxygen atoms in total. The van der Waals surface area contributed by atoms with E-state index in [0.717, 1.165) is 54.7 Å². The minimum Gasteiger partial charge on any atom is -0.423 e. The van der Waals surface area contributed by atoms with Crippen molar-refractivity contribution in [2.75, 3.05) is 0 Å². The van der Waals surface area contributed by atoms with Crippen molar-refractivity contribution in [1.29, 1.82) is 0 Å². The molecule has 244 valence electrons. The smallest absolute Gasteiger partial charge is 0.345 e. The van der Waals surface area contributed by atoms with E-state index in [2.05, 4.69) is 9.13 Å². The molecular weight excluding hydrogens is 620 g/mol. The van der Waals surface area contributed by atoms with E-state index in [0.29, 0.717) is 22.6 Å². The Hall–Kier alpha value is -6.40. The van der Waals surface area contributed by atoms with Gasteiger partial charge in [0.25, 0.3) is 0 Å². The average molecular weight is 657 g/mol. The van der Waals surface area contributed by atoms with Gasteiger partial charge in [-0.15, -0.1) is 0 Å². The van der Waals surface area contributed by atoms with Gasteiger partial charge in [0.1, 0.15) is 25.6 Å². The molecule has 0 unspecified atom stereocenters. The third kappa shape index (κ3) is 6.15. The van der Waals surface area contributed by atoms with Crippen molar-refractivity contribution < 1.29 is 28.2 Å². The standard InChI is InChI=1S/2C22H18NO2/c2*1-15-11-13-16(14-12-15)25-22(24)21-17-7-3-5-9-19(17)23(2)20-10-6-4-8-18(20)21/h2*3-14H,1-2H3/q2*+1. The molecule has 0 spiro atoms. The molecule has 0 aliphatic rings. The summed E-state index contributed by atoms with van der Waals surface area (Å²) in [4.78, 5) is 26.0. The summed E-state index contributed by atoms with van der Waals surface area (Å²) in [5, 5.41) is 3.56. The molecule has 2 heterocycles. The number of carbonyl (C=O) groups excluding carboxylic acids is 2. The van der Waals surface area contributed by atoms with Crippen LogP contribution in [0.2, 0.25) is 0 Å². The minimum absolute atomic E-state index is 0.336. The highest BCUT2D eigenvalue weighted by Crippen LogP contribution is 2.28. The van der Waals surface area contributed by atoms with E-state index in [1.54, 1.807) is 0 Å². The van der Waals surface area contributed by atoms with Gasteiger partial charge >= 0.3 is 11.9 Å². The van der Waals surface area contributed by atoms with Crippen LogP contribution in [0.1, 0.15) is 31.8 Å². The highest BCUT2D eigenvalue weighted by molar-refractivity contribution is 6.14. The summed E-state index contributed by atoms with van der Waals surface area (Å²) in [5.41, 5.74) is 7.45. The van der Waals surface area contributed by atoms with Crippen molar-refractivity contribution in [3.8, 4) is 11.5 Å². The maximum atomic E-state index is 13.0. The van der Waals surface area contributed by atoms with Crippen LogP contribution in [0.25, 0.3) is 43.6 Å². The Morgan fingerprint density at radius 3 is 0.940 bits per heavy atom. The van der Waals surface area contributed by atoms with Gasteiger partial charge in [0.15, 0.2) is 0 Å². The van der Waals surface area contributed by atoms with Crippen molar-refractivity contribution in [2.24, 2.45) is 14.1 Å². The number of ether oxygens (including phenoxy) is 2. The molecule has 50 heavy (non-hydrogen) atoms. The molecule has 0 N–H and O–H groups in total. The quantitative estimate of drug-likeness (QED) is 0.0823. The lowest BCUT2D eigenvalue weighted by Crippen LogP contribution is -2.31. The maximum absolute atomic E-state index is 13.0. The molecular formula is C44H36N2O4+2. The Labute approximate surface area is 290 Å². The highest BCUT2D eigenvalue weighted by Gasteiger charge is 2.25. The molecule has 0 aliphatic carbocycles. The predicted molar refractivity (Wildman–Crippen MR) is 198 cm³/mol. The Morgan fingerprint density at radius 1 is 0.400 bits per heavy atom. The van der Waals surface area contributed by atoms with Crippen LogP contribution in [-0.2, 0) is 14.1 Å². The Balaban J connectivity index is 0.000000157. The summed E-state index contributed by atoms with van der Waals surface area (Å²) in [6.07, 6.45) is 0. The topological polar surface area (TPSA) is 60.4 Å². The second-order valence-corrected chi connectivity index (χ2v) is 12.3. The molecule has 2 aromatic heterocycles. The van der Waals surface area contributed by atoms with Gasteiger partial charge in [0, 0.05) is 24.3 Å². The van der Waals surface area contributed by atoms with E-state index in [4.69, 9.17) is 9.47 Å². The number of fused-ring (bicyclic) bond motifs is 4. The lowest BCUT2D eigenvalue weighted by atomic mass is 10.0. The monoisotopic (exact) mass is 656 g/mol. The molecule has 0 bridgehead atoms. The summed E-state index contributed by atoms with van der Waals surface area (Å²) in [5.74, 6) is 0.433. The number of rotatable bonds is 4. The first-order valence-corrected chi connectivity index (χ1v) is 16.5. The molecule has 0 atom stereocenters. The zero-order chi connectivity index (χ0) is 34.8. The van der Waals surface area contributed by atoms with Gasteiger partial charge in [-0.2, -0.15) is 9.13 Å². The summed E-state index contributed by atoms with van der Waals surface area (Å²) >= 11 is 0. The van der Waals surface area contributed by atoms with Gasteiger partial charge in [0.2, 0.25) is 22.1 Å². The number of benzene rings is 6. The van der Waals surface area contributed by atoms with E-state index in [1.165, 1.54) is 0 Å². The number of hydrogen-bond acceptors (Lipinski definition) is 4. The molecule has 0 saturated carbocycles. The lowest BCUT2D eigenvalue weighted by molar-refractivity contribution is -0.617. The van der Waals surface area contributed by atoms with Crippen LogP contribution >= 0.6 is 0 Å². The number of pyridine rings is 2. The van der Waals surface area contributed by atoms with Gasteiger partial charge in [0.05, 0.1) is 32.7 Å². The zero-order valence-corrected chi connectivity index (χ0v) is 28.4. The van der Waals surface area contributed by atoms with Crippen molar-refractivity contribution >= 4 is 55.6 Å². The third-order valence-corrected chi connectivity index (χ3v) is 9.01. The van der Waals surface area contributed by atoms with Crippen LogP contribution in [0.4, 0.5) is 0 Å². The molecule has 8 aromatic rings. The van der Waals surface area contributed by atoms with Crippen molar-refractivity contribution in [3.63, 3.8) is 0 Å². The predicted octanol–water partition coefficient (Wildman–Crippen LogP) is 8.69. The third-order valence-electron chi connectivity index (χ3n) is 9.01. The summed E-state index contributed by atoms with van der Waals surface area (Å²) in [7, 11) is 4.03. The molecule has 8 rings (SSSR count). The van der Waals surface area contributed by atoms with Crippen molar-refractivity contribution in [2.45, 2.75) is 13.8 Å². The summed E-state index contributed by atoms with van der Waals surface area (Å²) in [6, 6.07) is 46.6. The van der Waals surface area contributed by atoms with Gasteiger partial charge < -0.3 is 9.47 Å². The summed E-state index contributed by atoms with van der Waals surface area (Å²) < 4.78 is 15.5. The van der Waals surface area contributed by atoms with Gasteiger partial charge in [-0.1, -0.05) is 83.9 Å². The number of aryl methyl sites for hydroxylation is 4. The Kier molecular flexibility index (Phi) is 8.75. The van der Waals surface area contributed by atoms with Gasteiger partial charge in [-0.05, 0) is 62.4 Å². The number of nitrogens with zero attached hydrogens (tertiary/aromatic N) is 2. The fourth-order valence-corrected chi connectivity index (χ4v) is 6.43. The average Bonchev–Trinajstić information content (AvgIpc) is 3.14. The minimum atomic E-state index is -0.336. The molecule has 0 amide bonds. The first-order valence-electron chi connectivity index (χ1n) is 16.5.